The number of fused-ring (bicyclic) bond motifs is 1. The maximum absolute atomic E-state index is 14.6. The summed E-state index contributed by atoms with van der Waals surface area (Å²) in [5.74, 6) is -1.09. The van der Waals surface area contributed by atoms with Gasteiger partial charge >= 0.3 is 0 Å². The fraction of sp³-hybridized carbons (Fsp3) is 0.489. The number of amides is 5. The maximum atomic E-state index is 14.6. The molecule has 5 heterocycles. The number of carbonyl (C=O) groups is 5. The van der Waals surface area contributed by atoms with Crippen molar-refractivity contribution in [3.63, 3.8) is 0 Å². The van der Waals surface area contributed by atoms with Gasteiger partial charge in [-0.2, -0.15) is 5.10 Å². The molecule has 62 heavy (non-hydrogen) atoms. The highest BCUT2D eigenvalue weighted by Gasteiger charge is 2.31. The number of piperidine rings is 1. The zero-order chi connectivity index (χ0) is 43.4. The molecule has 2 atom stereocenters. The van der Waals surface area contributed by atoms with Crippen molar-refractivity contribution in [3.8, 4) is 0 Å². The van der Waals surface area contributed by atoms with Crippen LogP contribution >= 0.6 is 0 Å². The van der Waals surface area contributed by atoms with Crippen LogP contribution in [0.5, 0.6) is 0 Å². The van der Waals surface area contributed by atoms with Gasteiger partial charge in [0, 0.05) is 88.2 Å². The lowest BCUT2D eigenvalue weighted by molar-refractivity contribution is -0.134. The Morgan fingerprint density at radius 1 is 0.806 bits per heavy atom. The fourth-order valence-electron chi connectivity index (χ4n) is 8.46. The Hall–Kier alpha value is -6.13. The van der Waals surface area contributed by atoms with E-state index in [2.05, 4.69) is 31.3 Å². The SMILES string of the molecule is O=C(CCCCCCCCC(=O)N1CCN(c2ccc(NC3CCC(=O)NC3=O)cc2)CC1)NCCCNC(=O)c1cnn2ccc(N3CCCC3c3cc(F)ccc3F)nc12. The minimum absolute atomic E-state index is 0.0153. The summed E-state index contributed by atoms with van der Waals surface area (Å²) in [5, 5.41) is 15.6. The van der Waals surface area contributed by atoms with Crippen LogP contribution in [0, 0.1) is 11.6 Å². The molecule has 4 aromatic rings. The Morgan fingerprint density at radius 2 is 1.55 bits per heavy atom. The van der Waals surface area contributed by atoms with E-state index in [1.807, 2.05) is 34.1 Å². The lowest BCUT2D eigenvalue weighted by Crippen LogP contribution is -2.48. The average Bonchev–Trinajstić information content (AvgIpc) is 3.94. The van der Waals surface area contributed by atoms with Crippen LogP contribution in [0.15, 0.2) is 60.9 Å². The van der Waals surface area contributed by atoms with Crippen molar-refractivity contribution in [2.45, 2.75) is 95.6 Å². The minimum atomic E-state index is -0.495. The summed E-state index contributed by atoms with van der Waals surface area (Å²) in [4.78, 5) is 72.6. The summed E-state index contributed by atoms with van der Waals surface area (Å²) in [5.41, 5.74) is 2.84. The summed E-state index contributed by atoms with van der Waals surface area (Å²) in [6, 6.07) is 12.4. The number of nitrogens with zero attached hydrogens (tertiary/aromatic N) is 6. The standard InChI is InChI=1S/C45H56F2N10O5/c46-31-12-17-36(47)34(29-31)38-9-7-23-56(38)39-20-24-57-43(52-39)35(30-50-57)44(61)49-22-8-21-48-40(58)10-5-3-1-2-4-6-11-42(60)55-27-25-54(26-28-55)33-15-13-32(14-16-33)51-37-18-19-41(59)53-45(37)62/h12-17,20,24,29-30,37-38,51H,1-11,18-19,21-23,25-28H2,(H,48,58)(H,49,61)(H,53,59,62). The van der Waals surface area contributed by atoms with Crippen molar-refractivity contribution < 1.29 is 32.8 Å². The van der Waals surface area contributed by atoms with Gasteiger partial charge in [0.25, 0.3) is 5.91 Å². The van der Waals surface area contributed by atoms with Crippen LogP contribution < -0.4 is 31.1 Å². The lowest BCUT2D eigenvalue weighted by Gasteiger charge is -2.36. The Kier molecular flexibility index (Phi) is 15.0. The second-order valence-corrected chi connectivity index (χ2v) is 16.3. The van der Waals surface area contributed by atoms with E-state index in [1.54, 1.807) is 12.3 Å². The predicted octanol–water partition coefficient (Wildman–Crippen LogP) is 5.27. The number of hydrogen-bond donors (Lipinski definition) is 4. The molecular formula is C45H56F2N10O5. The second-order valence-electron chi connectivity index (χ2n) is 16.3. The number of benzene rings is 2. The average molecular weight is 855 g/mol. The van der Waals surface area contributed by atoms with Crippen LogP contribution in [0.25, 0.3) is 5.65 Å². The van der Waals surface area contributed by atoms with E-state index in [0.717, 1.165) is 81.5 Å². The van der Waals surface area contributed by atoms with Gasteiger partial charge in [-0.3, -0.25) is 29.3 Å². The van der Waals surface area contributed by atoms with Gasteiger partial charge in [0.1, 0.15) is 29.1 Å². The minimum Gasteiger partial charge on any atom is -0.374 e. The number of anilines is 3. The molecule has 4 N–H and O–H groups in total. The molecule has 5 amide bonds. The third-order valence-corrected chi connectivity index (χ3v) is 11.9. The second kappa shape index (κ2) is 21.1. The van der Waals surface area contributed by atoms with Crippen molar-refractivity contribution in [3.05, 3.63) is 83.7 Å². The summed E-state index contributed by atoms with van der Waals surface area (Å²) >= 11 is 0. The topological polar surface area (TPSA) is 173 Å². The van der Waals surface area contributed by atoms with Crippen molar-refractivity contribution in [2.75, 3.05) is 60.9 Å². The molecule has 3 fully saturated rings. The van der Waals surface area contributed by atoms with E-state index in [-0.39, 0.29) is 41.1 Å². The normalized spacial score (nSPS) is 17.9. The van der Waals surface area contributed by atoms with Crippen LogP contribution in [0.4, 0.5) is 26.0 Å². The number of hydrogen-bond acceptors (Lipinski definition) is 10. The van der Waals surface area contributed by atoms with Gasteiger partial charge in [-0.1, -0.05) is 25.7 Å². The predicted molar refractivity (Wildman–Crippen MR) is 231 cm³/mol. The largest absolute Gasteiger partial charge is 0.374 e. The van der Waals surface area contributed by atoms with Crippen LogP contribution in [-0.2, 0) is 19.2 Å². The van der Waals surface area contributed by atoms with Gasteiger partial charge in [0.15, 0.2) is 5.65 Å². The molecular weight excluding hydrogens is 799 g/mol. The fourth-order valence-corrected chi connectivity index (χ4v) is 8.46. The number of halogens is 2. The molecule has 0 spiro atoms. The molecule has 0 bridgehead atoms. The van der Waals surface area contributed by atoms with Crippen molar-refractivity contribution in [1.29, 1.82) is 0 Å². The molecule has 3 aliphatic heterocycles. The van der Waals surface area contributed by atoms with Gasteiger partial charge in [-0.05, 0) is 87.1 Å². The summed E-state index contributed by atoms with van der Waals surface area (Å²) in [7, 11) is 0. The van der Waals surface area contributed by atoms with Crippen molar-refractivity contribution in [1.82, 2.24) is 35.4 Å². The monoisotopic (exact) mass is 854 g/mol. The van der Waals surface area contributed by atoms with Gasteiger partial charge < -0.3 is 30.7 Å². The first kappa shape index (κ1) is 43.9. The molecule has 15 nitrogen and oxygen atoms in total. The number of aromatic nitrogens is 3. The molecule has 0 saturated carbocycles. The molecule has 2 aromatic carbocycles. The van der Waals surface area contributed by atoms with Gasteiger partial charge in [0.05, 0.1) is 12.2 Å². The number of unbranched alkanes of at least 4 members (excludes halogenated alkanes) is 5. The molecule has 0 radical (unpaired) electrons. The van der Waals surface area contributed by atoms with E-state index in [0.29, 0.717) is 88.3 Å². The third kappa shape index (κ3) is 11.4. The van der Waals surface area contributed by atoms with E-state index in [9.17, 15) is 32.8 Å². The van der Waals surface area contributed by atoms with Gasteiger partial charge in [0.2, 0.25) is 23.6 Å². The quantitative estimate of drug-likeness (QED) is 0.0719. The van der Waals surface area contributed by atoms with E-state index in [1.165, 1.54) is 16.8 Å². The first-order valence-electron chi connectivity index (χ1n) is 22.0. The number of rotatable bonds is 19. The molecule has 3 aliphatic rings. The number of piperazine rings is 1. The third-order valence-electron chi connectivity index (χ3n) is 11.9. The highest BCUT2D eigenvalue weighted by atomic mass is 19.1. The van der Waals surface area contributed by atoms with Crippen LogP contribution in [0.1, 0.15) is 105 Å². The van der Waals surface area contributed by atoms with Crippen LogP contribution in [-0.4, -0.2) is 101 Å². The molecule has 0 aliphatic carbocycles. The Morgan fingerprint density at radius 3 is 2.32 bits per heavy atom. The Bertz CT molecular complexity index is 2210. The molecule has 2 aromatic heterocycles. The van der Waals surface area contributed by atoms with Crippen molar-refractivity contribution in [2.24, 2.45) is 0 Å². The highest BCUT2D eigenvalue weighted by molar-refractivity contribution is 6.01. The van der Waals surface area contributed by atoms with E-state index < -0.39 is 17.7 Å². The molecule has 2 unspecified atom stereocenters. The van der Waals surface area contributed by atoms with Crippen LogP contribution in [0.3, 0.4) is 0 Å². The first-order valence-corrected chi connectivity index (χ1v) is 22.0. The number of carbonyl (C=O) groups excluding carboxylic acids is 5. The summed E-state index contributed by atoms with van der Waals surface area (Å²) < 4.78 is 30.1. The molecule has 330 valence electrons. The smallest absolute Gasteiger partial charge is 0.256 e. The zero-order valence-corrected chi connectivity index (χ0v) is 35.1. The highest BCUT2D eigenvalue weighted by Crippen LogP contribution is 2.37. The van der Waals surface area contributed by atoms with Crippen LogP contribution in [0.2, 0.25) is 0 Å². The zero-order valence-electron chi connectivity index (χ0n) is 35.1. The maximum Gasteiger partial charge on any atom is 0.256 e. The molecule has 17 heteroatoms. The summed E-state index contributed by atoms with van der Waals surface area (Å²) in [6.45, 7) is 4.28. The number of nitrogens with one attached hydrogen (secondary N) is 4. The number of imide groups is 1. The Labute approximate surface area is 360 Å². The van der Waals surface area contributed by atoms with Gasteiger partial charge in [-0.25, -0.2) is 18.3 Å². The van der Waals surface area contributed by atoms with E-state index in [4.69, 9.17) is 4.98 Å². The van der Waals surface area contributed by atoms with Crippen molar-refractivity contribution >= 4 is 52.4 Å². The molecule has 7 rings (SSSR count). The molecule has 3 saturated heterocycles. The van der Waals surface area contributed by atoms with Gasteiger partial charge in [-0.15, -0.1) is 0 Å². The Balaban J connectivity index is 0.709. The van der Waals surface area contributed by atoms with E-state index >= 15 is 0 Å². The lowest BCUT2D eigenvalue weighted by atomic mass is 10.0. The summed E-state index contributed by atoms with van der Waals surface area (Å²) in [6.07, 6.45) is 12.6. The first-order chi connectivity index (χ1) is 30.1.